The van der Waals surface area contributed by atoms with Crippen LogP contribution in [0.15, 0.2) is 48.5 Å². The Morgan fingerprint density at radius 3 is 2.50 bits per heavy atom. The van der Waals surface area contributed by atoms with Crippen LogP contribution >= 0.6 is 34.2 Å². The summed E-state index contributed by atoms with van der Waals surface area (Å²) in [5.41, 5.74) is 9.79. The van der Waals surface area contributed by atoms with E-state index < -0.39 is 0 Å². The van der Waals surface area contributed by atoms with E-state index in [4.69, 9.17) is 17.3 Å². The van der Waals surface area contributed by atoms with Gasteiger partial charge in [0.25, 0.3) is 0 Å². The molecule has 0 saturated carbocycles. The minimum Gasteiger partial charge on any atom is -0.382 e. The second-order valence-corrected chi connectivity index (χ2v) is 5.92. The predicted octanol–water partition coefficient (Wildman–Crippen LogP) is 4.58. The fourth-order valence-corrected chi connectivity index (χ4v) is 2.63. The van der Waals surface area contributed by atoms with Crippen molar-refractivity contribution in [3.8, 4) is 22.4 Å². The number of nitrogens with one attached hydrogen (secondary N) is 1. The van der Waals surface area contributed by atoms with Gasteiger partial charge in [-0.05, 0) is 40.3 Å². The summed E-state index contributed by atoms with van der Waals surface area (Å²) < 4.78 is 1.02. The average Bonchev–Trinajstić information content (AvgIpc) is 2.85. The largest absolute Gasteiger partial charge is 0.382 e. The fourth-order valence-electron chi connectivity index (χ4n) is 2.11. The van der Waals surface area contributed by atoms with E-state index in [9.17, 15) is 0 Å². The Labute approximate surface area is 135 Å². The number of halogens is 2. The van der Waals surface area contributed by atoms with Crippen LogP contribution in [0.25, 0.3) is 22.4 Å². The van der Waals surface area contributed by atoms with Crippen molar-refractivity contribution in [2.75, 3.05) is 5.73 Å². The Kier molecular flexibility index (Phi) is 3.67. The summed E-state index contributed by atoms with van der Waals surface area (Å²) in [6.07, 6.45) is 0. The summed E-state index contributed by atoms with van der Waals surface area (Å²) in [4.78, 5) is 0. The second-order valence-electron chi connectivity index (χ2n) is 4.35. The highest BCUT2D eigenvalue weighted by Gasteiger charge is 2.15. The summed E-state index contributed by atoms with van der Waals surface area (Å²) in [5, 5.41) is 7.85. The minimum atomic E-state index is 0.487. The number of hydrogen-bond acceptors (Lipinski definition) is 2. The molecule has 0 aliphatic rings. The number of hydrogen-bond donors (Lipinski definition) is 2. The smallest absolute Gasteiger partial charge is 0.153 e. The van der Waals surface area contributed by atoms with Gasteiger partial charge in [-0.2, -0.15) is 5.10 Å². The maximum Gasteiger partial charge on any atom is 0.153 e. The molecule has 3 aromatic rings. The molecular formula is C15H11ClIN3. The third kappa shape index (κ3) is 2.41. The zero-order chi connectivity index (χ0) is 14.1. The lowest BCUT2D eigenvalue weighted by Gasteiger charge is -2.06. The van der Waals surface area contributed by atoms with E-state index in [1.165, 1.54) is 0 Å². The first-order chi connectivity index (χ1) is 9.66. The molecule has 3 rings (SSSR count). The van der Waals surface area contributed by atoms with Crippen molar-refractivity contribution < 1.29 is 0 Å². The van der Waals surface area contributed by atoms with E-state index in [0.29, 0.717) is 5.82 Å². The number of nitrogens with zero attached hydrogens (tertiary/aromatic N) is 1. The van der Waals surface area contributed by atoms with Crippen LogP contribution < -0.4 is 5.73 Å². The van der Waals surface area contributed by atoms with Crippen molar-refractivity contribution >= 4 is 40.0 Å². The van der Waals surface area contributed by atoms with Gasteiger partial charge < -0.3 is 5.73 Å². The second kappa shape index (κ2) is 5.46. The highest BCUT2D eigenvalue weighted by Crippen LogP contribution is 2.36. The Hall–Kier alpha value is -1.53. The molecule has 0 unspecified atom stereocenters. The van der Waals surface area contributed by atoms with E-state index in [-0.39, 0.29) is 0 Å². The molecule has 0 radical (unpaired) electrons. The number of anilines is 1. The quantitative estimate of drug-likeness (QED) is 0.624. The lowest BCUT2D eigenvalue weighted by molar-refractivity contribution is 1.10. The van der Waals surface area contributed by atoms with Gasteiger partial charge in [-0.15, -0.1) is 0 Å². The van der Waals surface area contributed by atoms with Crippen LogP contribution in [0, 0.1) is 3.57 Å². The lowest BCUT2D eigenvalue weighted by atomic mass is 10.0. The number of rotatable bonds is 2. The normalized spacial score (nSPS) is 10.7. The molecule has 2 aromatic carbocycles. The van der Waals surface area contributed by atoms with Crippen molar-refractivity contribution in [3.05, 3.63) is 57.1 Å². The number of aromatic amines is 1. The van der Waals surface area contributed by atoms with Gasteiger partial charge in [0.15, 0.2) is 5.82 Å². The molecule has 0 fully saturated rings. The average molecular weight is 396 g/mol. The number of benzene rings is 2. The molecule has 100 valence electrons. The van der Waals surface area contributed by atoms with Crippen LogP contribution in [0.4, 0.5) is 5.82 Å². The molecule has 20 heavy (non-hydrogen) atoms. The van der Waals surface area contributed by atoms with Gasteiger partial charge in [0.1, 0.15) is 0 Å². The highest BCUT2D eigenvalue weighted by atomic mass is 127. The molecule has 0 aliphatic carbocycles. The van der Waals surface area contributed by atoms with Gasteiger partial charge in [-0.3, -0.25) is 5.10 Å². The van der Waals surface area contributed by atoms with Crippen LogP contribution in [0.5, 0.6) is 0 Å². The predicted molar refractivity (Wildman–Crippen MR) is 91.6 cm³/mol. The van der Waals surface area contributed by atoms with E-state index >= 15 is 0 Å². The molecule has 0 saturated heterocycles. The first-order valence-corrected chi connectivity index (χ1v) is 7.47. The van der Waals surface area contributed by atoms with Crippen LogP contribution in [0.1, 0.15) is 0 Å². The maximum atomic E-state index is 6.20. The topological polar surface area (TPSA) is 54.7 Å². The summed E-state index contributed by atoms with van der Waals surface area (Å²) in [6.45, 7) is 0. The SMILES string of the molecule is Nc1n[nH]c(-c2ccc(I)c(Cl)c2)c1-c1ccccc1. The zero-order valence-electron chi connectivity index (χ0n) is 10.4. The molecule has 0 spiro atoms. The summed E-state index contributed by atoms with van der Waals surface area (Å²) in [5.74, 6) is 0.487. The molecule has 1 heterocycles. The van der Waals surface area contributed by atoms with Crippen molar-refractivity contribution in [2.45, 2.75) is 0 Å². The van der Waals surface area contributed by atoms with E-state index in [1.54, 1.807) is 0 Å². The molecule has 5 heteroatoms. The molecule has 0 bridgehead atoms. The molecular weight excluding hydrogens is 385 g/mol. The summed E-state index contributed by atoms with van der Waals surface area (Å²) in [6, 6.07) is 15.9. The van der Waals surface area contributed by atoms with Gasteiger partial charge in [0, 0.05) is 9.13 Å². The summed E-state index contributed by atoms with van der Waals surface area (Å²) in [7, 11) is 0. The molecule has 3 nitrogen and oxygen atoms in total. The third-order valence-electron chi connectivity index (χ3n) is 3.07. The molecule has 0 amide bonds. The lowest BCUT2D eigenvalue weighted by Crippen LogP contribution is -1.88. The van der Waals surface area contributed by atoms with Crippen LogP contribution in [-0.4, -0.2) is 10.2 Å². The molecule has 1 aromatic heterocycles. The molecule has 0 atom stereocenters. The number of H-pyrrole nitrogens is 1. The number of nitrogens with two attached hydrogens (primary N) is 1. The van der Waals surface area contributed by atoms with Crippen LogP contribution in [-0.2, 0) is 0 Å². The van der Waals surface area contributed by atoms with E-state index in [2.05, 4.69) is 32.8 Å². The zero-order valence-corrected chi connectivity index (χ0v) is 13.3. The van der Waals surface area contributed by atoms with Gasteiger partial charge in [0.2, 0.25) is 0 Å². The van der Waals surface area contributed by atoms with Gasteiger partial charge in [-0.1, -0.05) is 48.0 Å². The number of aromatic nitrogens is 2. The Morgan fingerprint density at radius 1 is 1.05 bits per heavy atom. The Morgan fingerprint density at radius 2 is 1.80 bits per heavy atom. The fraction of sp³-hybridized carbons (Fsp3) is 0. The van der Waals surface area contributed by atoms with E-state index in [0.717, 1.165) is 31.0 Å². The monoisotopic (exact) mass is 395 g/mol. The highest BCUT2D eigenvalue weighted by molar-refractivity contribution is 14.1. The van der Waals surface area contributed by atoms with Gasteiger partial charge >= 0.3 is 0 Å². The standard InChI is InChI=1S/C15H11ClIN3/c16-11-8-10(6-7-12(11)17)14-13(15(18)20-19-14)9-4-2-1-3-5-9/h1-8H,(H3,18,19,20). The summed E-state index contributed by atoms with van der Waals surface area (Å²) >= 11 is 8.40. The van der Waals surface area contributed by atoms with Crippen molar-refractivity contribution in [1.82, 2.24) is 10.2 Å². The Balaban J connectivity index is 2.18. The van der Waals surface area contributed by atoms with Crippen molar-refractivity contribution in [2.24, 2.45) is 0 Å². The van der Waals surface area contributed by atoms with Crippen molar-refractivity contribution in [3.63, 3.8) is 0 Å². The molecule has 3 N–H and O–H groups in total. The molecule has 0 aliphatic heterocycles. The van der Waals surface area contributed by atoms with Crippen LogP contribution in [0.2, 0.25) is 5.02 Å². The Bertz CT molecular complexity index is 753. The first-order valence-electron chi connectivity index (χ1n) is 6.01. The van der Waals surface area contributed by atoms with Gasteiger partial charge in [-0.25, -0.2) is 0 Å². The van der Waals surface area contributed by atoms with Crippen molar-refractivity contribution in [1.29, 1.82) is 0 Å². The van der Waals surface area contributed by atoms with Gasteiger partial charge in [0.05, 0.1) is 16.3 Å². The minimum absolute atomic E-state index is 0.487. The third-order valence-corrected chi connectivity index (χ3v) is 4.64. The first kappa shape index (κ1) is 13.5. The van der Waals surface area contributed by atoms with E-state index in [1.807, 2.05) is 48.5 Å². The number of nitrogen functional groups attached to an aromatic ring is 1. The van der Waals surface area contributed by atoms with Crippen LogP contribution in [0.3, 0.4) is 0 Å². The maximum absolute atomic E-state index is 6.20.